The minimum absolute atomic E-state index is 0.252. The maximum atomic E-state index is 12.9. The number of aliphatic hydroxyl groups is 1. The van der Waals surface area contributed by atoms with E-state index in [0.29, 0.717) is 17.4 Å². The largest absolute Gasteiger partial charge is 0.481 e. The van der Waals surface area contributed by atoms with Crippen LogP contribution in [-0.2, 0) is 10.2 Å². The fourth-order valence-electron chi connectivity index (χ4n) is 5.97. The van der Waals surface area contributed by atoms with Crippen molar-refractivity contribution in [2.75, 3.05) is 0 Å². The van der Waals surface area contributed by atoms with E-state index in [1.165, 1.54) is 6.42 Å². The van der Waals surface area contributed by atoms with Gasteiger partial charge in [-0.25, -0.2) is 0 Å². The normalized spacial score (nSPS) is 31.7. The molecule has 0 aromatic heterocycles. The predicted molar refractivity (Wildman–Crippen MR) is 104 cm³/mol. The van der Waals surface area contributed by atoms with Crippen LogP contribution in [0.4, 0.5) is 0 Å². The summed E-state index contributed by atoms with van der Waals surface area (Å²) in [5.41, 5.74) is -1.01. The van der Waals surface area contributed by atoms with Gasteiger partial charge in [0.2, 0.25) is 0 Å². The van der Waals surface area contributed by atoms with Gasteiger partial charge in [-0.2, -0.15) is 0 Å². The lowest BCUT2D eigenvalue weighted by atomic mass is 9.47. The lowest BCUT2D eigenvalue weighted by Gasteiger charge is -2.55. The van der Waals surface area contributed by atoms with Gasteiger partial charge in [0.15, 0.2) is 0 Å². The van der Waals surface area contributed by atoms with E-state index in [-0.39, 0.29) is 11.8 Å². The number of aliphatic hydroxyl groups excluding tert-OH is 1. The van der Waals surface area contributed by atoms with Crippen LogP contribution < -0.4 is 0 Å². The van der Waals surface area contributed by atoms with Crippen LogP contribution in [-0.4, -0.2) is 22.3 Å². The Bertz CT molecular complexity index is 666. The lowest BCUT2D eigenvalue weighted by Crippen LogP contribution is -2.60. The zero-order valence-corrected chi connectivity index (χ0v) is 16.8. The summed E-state index contributed by atoms with van der Waals surface area (Å²) >= 11 is 6.26. The van der Waals surface area contributed by atoms with Gasteiger partial charge in [0.05, 0.1) is 6.10 Å². The molecule has 2 fully saturated rings. The van der Waals surface area contributed by atoms with E-state index >= 15 is 0 Å². The van der Waals surface area contributed by atoms with Gasteiger partial charge in [-0.3, -0.25) is 4.79 Å². The number of hydrogen-bond donors (Lipinski definition) is 2. The Morgan fingerprint density at radius 3 is 2.42 bits per heavy atom. The van der Waals surface area contributed by atoms with Crippen LogP contribution >= 0.6 is 11.6 Å². The van der Waals surface area contributed by atoms with Crippen molar-refractivity contribution in [1.29, 1.82) is 0 Å². The van der Waals surface area contributed by atoms with Crippen LogP contribution in [0.5, 0.6) is 0 Å². The Balaban J connectivity index is 2.23. The number of fused-ring (bicyclic) bond motifs is 1. The van der Waals surface area contributed by atoms with Crippen LogP contribution in [0.15, 0.2) is 24.3 Å². The van der Waals surface area contributed by atoms with E-state index in [4.69, 9.17) is 11.6 Å². The molecule has 2 aliphatic carbocycles. The van der Waals surface area contributed by atoms with Gasteiger partial charge >= 0.3 is 5.97 Å². The number of carboxylic acids is 1. The molecule has 26 heavy (non-hydrogen) atoms. The molecule has 5 atom stereocenters. The highest BCUT2D eigenvalue weighted by Crippen LogP contribution is 2.57. The molecule has 3 rings (SSSR count). The Morgan fingerprint density at radius 1 is 1.12 bits per heavy atom. The van der Waals surface area contributed by atoms with E-state index in [0.717, 1.165) is 31.2 Å². The summed E-state index contributed by atoms with van der Waals surface area (Å²) in [5, 5.41) is 22.2. The van der Waals surface area contributed by atoms with Crippen molar-refractivity contribution in [3.8, 4) is 0 Å². The number of hydrogen-bond acceptors (Lipinski definition) is 2. The van der Waals surface area contributed by atoms with Crippen LogP contribution in [0.2, 0.25) is 5.02 Å². The smallest absolute Gasteiger partial charge is 0.315 e. The van der Waals surface area contributed by atoms with Gasteiger partial charge in [0.25, 0.3) is 0 Å². The molecular formula is C22H31ClO3. The number of carboxylic acid groups (broad SMARTS) is 1. The maximum absolute atomic E-state index is 12.9. The van der Waals surface area contributed by atoms with Gasteiger partial charge < -0.3 is 10.2 Å². The van der Waals surface area contributed by atoms with Crippen LogP contribution in [0.25, 0.3) is 0 Å². The topological polar surface area (TPSA) is 57.5 Å². The number of carbonyl (C=O) groups is 1. The van der Waals surface area contributed by atoms with E-state index in [1.807, 2.05) is 32.9 Å². The Kier molecular flexibility index (Phi) is 5.43. The molecule has 0 spiro atoms. The molecule has 5 unspecified atom stereocenters. The number of aliphatic carboxylic acids is 1. The highest BCUT2D eigenvalue weighted by Gasteiger charge is 2.61. The SMILES string of the molecule is CC(C)(C)C(C(=O)O)(c1cccc(Cl)c1)C1C(O)CCC2CCCCC21. The summed E-state index contributed by atoms with van der Waals surface area (Å²) in [4.78, 5) is 12.9. The van der Waals surface area contributed by atoms with Crippen molar-refractivity contribution < 1.29 is 15.0 Å². The first-order chi connectivity index (χ1) is 12.2. The molecule has 1 aromatic carbocycles. The zero-order valence-electron chi connectivity index (χ0n) is 16.0. The minimum Gasteiger partial charge on any atom is -0.481 e. The Morgan fingerprint density at radius 2 is 1.81 bits per heavy atom. The van der Waals surface area contributed by atoms with Gasteiger partial charge in [-0.05, 0) is 54.2 Å². The number of rotatable bonds is 3. The number of halogens is 1. The van der Waals surface area contributed by atoms with E-state index < -0.39 is 22.9 Å². The van der Waals surface area contributed by atoms with Crippen LogP contribution in [0.1, 0.15) is 64.9 Å². The molecule has 1 aromatic rings. The van der Waals surface area contributed by atoms with Gasteiger partial charge in [0, 0.05) is 10.9 Å². The maximum Gasteiger partial charge on any atom is 0.315 e. The third kappa shape index (κ3) is 3.07. The molecule has 144 valence electrons. The summed E-state index contributed by atoms with van der Waals surface area (Å²) < 4.78 is 0. The van der Waals surface area contributed by atoms with Gasteiger partial charge in [0.1, 0.15) is 5.41 Å². The molecule has 0 saturated heterocycles. The lowest BCUT2D eigenvalue weighted by molar-refractivity contribution is -0.164. The zero-order chi connectivity index (χ0) is 19.1. The highest BCUT2D eigenvalue weighted by molar-refractivity contribution is 6.30. The fraction of sp³-hybridized carbons (Fsp3) is 0.682. The number of benzene rings is 1. The van der Waals surface area contributed by atoms with E-state index in [9.17, 15) is 15.0 Å². The molecular weight excluding hydrogens is 348 g/mol. The summed E-state index contributed by atoms with van der Waals surface area (Å²) in [7, 11) is 0. The van der Waals surface area contributed by atoms with Crippen molar-refractivity contribution in [3.63, 3.8) is 0 Å². The van der Waals surface area contributed by atoms with Crippen molar-refractivity contribution in [1.82, 2.24) is 0 Å². The van der Waals surface area contributed by atoms with Crippen molar-refractivity contribution in [2.24, 2.45) is 23.2 Å². The Hall–Kier alpha value is -1.06. The fourth-order valence-corrected chi connectivity index (χ4v) is 6.16. The molecule has 2 aliphatic rings. The monoisotopic (exact) mass is 378 g/mol. The first-order valence-corrected chi connectivity index (χ1v) is 10.2. The van der Waals surface area contributed by atoms with Crippen molar-refractivity contribution in [2.45, 2.75) is 70.8 Å². The second kappa shape index (κ2) is 7.16. The van der Waals surface area contributed by atoms with Gasteiger partial charge in [-0.15, -0.1) is 0 Å². The average Bonchev–Trinajstić information content (AvgIpc) is 2.56. The summed E-state index contributed by atoms with van der Waals surface area (Å²) in [6.07, 6.45) is 5.62. The average molecular weight is 379 g/mol. The third-order valence-electron chi connectivity index (χ3n) is 6.98. The Labute approximate surface area is 161 Å². The first kappa shape index (κ1) is 19.7. The molecule has 4 heteroatoms. The third-order valence-corrected chi connectivity index (χ3v) is 7.21. The molecule has 0 radical (unpaired) electrons. The second-order valence-electron chi connectivity index (χ2n) is 9.25. The quantitative estimate of drug-likeness (QED) is 0.751. The van der Waals surface area contributed by atoms with Crippen LogP contribution in [0.3, 0.4) is 0 Å². The van der Waals surface area contributed by atoms with Crippen molar-refractivity contribution in [3.05, 3.63) is 34.9 Å². The summed E-state index contributed by atoms with van der Waals surface area (Å²) in [5.74, 6) is -0.362. The van der Waals surface area contributed by atoms with Crippen molar-refractivity contribution >= 4 is 17.6 Å². The molecule has 2 saturated carbocycles. The summed E-state index contributed by atoms with van der Waals surface area (Å²) in [6.45, 7) is 5.96. The van der Waals surface area contributed by atoms with Crippen LogP contribution in [0, 0.1) is 23.2 Å². The summed E-state index contributed by atoms with van der Waals surface area (Å²) in [6, 6.07) is 7.28. The predicted octanol–water partition coefficient (Wildman–Crippen LogP) is 5.29. The highest BCUT2D eigenvalue weighted by atomic mass is 35.5. The van der Waals surface area contributed by atoms with E-state index in [1.54, 1.807) is 12.1 Å². The molecule has 0 aliphatic heterocycles. The minimum atomic E-state index is -1.17. The standard InChI is InChI=1S/C22H31ClO3/c1-21(2,3)22(20(25)26,15-8-6-9-16(23)13-15)19-17-10-5-4-7-14(17)11-12-18(19)24/h6,8-9,13-14,17-19,24H,4-5,7,10-12H2,1-3H3,(H,25,26). The molecule has 0 amide bonds. The molecule has 0 heterocycles. The van der Waals surface area contributed by atoms with E-state index in [2.05, 4.69) is 0 Å². The van der Waals surface area contributed by atoms with Gasteiger partial charge in [-0.1, -0.05) is 63.8 Å². The molecule has 3 nitrogen and oxygen atoms in total. The molecule has 0 bridgehead atoms. The first-order valence-electron chi connectivity index (χ1n) is 9.87. The molecule has 2 N–H and O–H groups in total. The second-order valence-corrected chi connectivity index (χ2v) is 9.69.